The van der Waals surface area contributed by atoms with E-state index in [0.717, 1.165) is 12.8 Å². The summed E-state index contributed by atoms with van der Waals surface area (Å²) in [6.45, 7) is 3.86. The van der Waals surface area contributed by atoms with Gasteiger partial charge in [-0.05, 0) is 25.7 Å². The molecule has 0 radical (unpaired) electrons. The van der Waals surface area contributed by atoms with Crippen LogP contribution in [0.15, 0.2) is 0 Å². The molecule has 0 aliphatic carbocycles. The fourth-order valence-electron chi connectivity index (χ4n) is 1.80. The van der Waals surface area contributed by atoms with Gasteiger partial charge in [0.15, 0.2) is 0 Å². The molecule has 16 heavy (non-hydrogen) atoms. The lowest BCUT2D eigenvalue weighted by molar-refractivity contribution is -0.147. The van der Waals surface area contributed by atoms with Crippen LogP contribution in [0.25, 0.3) is 0 Å². The number of hydrogen-bond donors (Lipinski definition) is 1. The molecule has 2 unspecified atom stereocenters. The van der Waals surface area contributed by atoms with Gasteiger partial charge in [0.1, 0.15) is 0 Å². The molecule has 94 valence electrons. The monoisotopic (exact) mass is 230 g/mol. The number of ether oxygens (including phenoxy) is 1. The van der Waals surface area contributed by atoms with Gasteiger partial charge in [-0.25, -0.2) is 0 Å². The Morgan fingerprint density at radius 3 is 2.06 bits per heavy atom. The van der Waals surface area contributed by atoms with Crippen LogP contribution < -0.4 is 0 Å². The maximum atomic E-state index is 11.4. The Kier molecular flexibility index (Phi) is 7.60. The quantitative estimate of drug-likeness (QED) is 0.650. The third kappa shape index (κ3) is 5.14. The Bertz CT molecular complexity index is 225. The molecule has 0 fully saturated rings. The van der Waals surface area contributed by atoms with E-state index >= 15 is 0 Å². The molecule has 0 aromatic heterocycles. The van der Waals surface area contributed by atoms with E-state index in [1.54, 1.807) is 0 Å². The van der Waals surface area contributed by atoms with Gasteiger partial charge in [-0.3, -0.25) is 9.59 Å². The first kappa shape index (κ1) is 14.9. The molecule has 0 aromatic carbocycles. The van der Waals surface area contributed by atoms with Crippen LogP contribution in [0.3, 0.4) is 0 Å². The van der Waals surface area contributed by atoms with Crippen molar-refractivity contribution in [1.82, 2.24) is 0 Å². The summed E-state index contributed by atoms with van der Waals surface area (Å²) in [5.74, 6) is -1.49. The van der Waals surface area contributed by atoms with Gasteiger partial charge < -0.3 is 9.84 Å². The molecule has 0 aliphatic rings. The fraction of sp³-hybridized carbons (Fsp3) is 0.833. The molecule has 0 spiro atoms. The minimum absolute atomic E-state index is 0.150. The Morgan fingerprint density at radius 2 is 1.69 bits per heavy atom. The molecule has 2 atom stereocenters. The summed E-state index contributed by atoms with van der Waals surface area (Å²) >= 11 is 0. The molecular formula is C12H22O4. The molecule has 0 aromatic rings. The maximum Gasteiger partial charge on any atom is 0.308 e. The summed E-state index contributed by atoms with van der Waals surface area (Å²) in [4.78, 5) is 22.2. The zero-order valence-corrected chi connectivity index (χ0v) is 10.4. The van der Waals surface area contributed by atoms with Gasteiger partial charge in [0.25, 0.3) is 0 Å². The van der Waals surface area contributed by atoms with E-state index in [-0.39, 0.29) is 17.8 Å². The number of aliphatic carboxylic acids is 1. The Labute approximate surface area is 97.0 Å². The van der Waals surface area contributed by atoms with Crippen LogP contribution in [0.2, 0.25) is 0 Å². The van der Waals surface area contributed by atoms with Crippen molar-refractivity contribution in [2.45, 2.75) is 46.0 Å². The second kappa shape index (κ2) is 8.13. The van der Waals surface area contributed by atoms with Crippen molar-refractivity contribution in [3.63, 3.8) is 0 Å². The largest absolute Gasteiger partial charge is 0.481 e. The summed E-state index contributed by atoms with van der Waals surface area (Å²) in [7, 11) is 1.37. The Balaban J connectivity index is 4.19. The fourth-order valence-corrected chi connectivity index (χ4v) is 1.80. The van der Waals surface area contributed by atoms with Crippen molar-refractivity contribution in [3.8, 4) is 0 Å². The van der Waals surface area contributed by atoms with Gasteiger partial charge in [-0.15, -0.1) is 0 Å². The molecule has 0 saturated carbocycles. The second-order valence-corrected chi connectivity index (χ2v) is 4.03. The number of methoxy groups -OCH3 is 1. The van der Waals surface area contributed by atoms with E-state index in [1.165, 1.54) is 7.11 Å². The first-order chi connectivity index (χ1) is 7.56. The van der Waals surface area contributed by atoms with Crippen LogP contribution in [0, 0.1) is 11.8 Å². The van der Waals surface area contributed by atoms with Crippen molar-refractivity contribution in [2.24, 2.45) is 11.8 Å². The minimum atomic E-state index is -0.775. The van der Waals surface area contributed by atoms with Crippen LogP contribution in [0.1, 0.15) is 46.0 Å². The first-order valence-electron chi connectivity index (χ1n) is 5.87. The standard InChI is InChI=1S/C12H22O4/c1-4-6-10(12(15)16-3)8-7-9(5-2)11(13)14/h9-10H,4-8H2,1-3H3,(H,13,14). The molecule has 0 heterocycles. The normalized spacial score (nSPS) is 14.2. The minimum Gasteiger partial charge on any atom is -0.481 e. The van der Waals surface area contributed by atoms with Crippen molar-refractivity contribution < 1.29 is 19.4 Å². The van der Waals surface area contributed by atoms with Crippen LogP contribution in [0.4, 0.5) is 0 Å². The van der Waals surface area contributed by atoms with E-state index < -0.39 is 5.97 Å². The highest BCUT2D eigenvalue weighted by Crippen LogP contribution is 2.20. The van der Waals surface area contributed by atoms with Gasteiger partial charge in [0.2, 0.25) is 0 Å². The Morgan fingerprint density at radius 1 is 1.12 bits per heavy atom. The lowest BCUT2D eigenvalue weighted by Crippen LogP contribution is -2.19. The molecule has 0 bridgehead atoms. The van der Waals surface area contributed by atoms with E-state index in [9.17, 15) is 9.59 Å². The van der Waals surface area contributed by atoms with Crippen molar-refractivity contribution in [1.29, 1.82) is 0 Å². The topological polar surface area (TPSA) is 63.6 Å². The van der Waals surface area contributed by atoms with E-state index in [4.69, 9.17) is 9.84 Å². The lowest BCUT2D eigenvalue weighted by atomic mass is 9.91. The molecule has 4 heteroatoms. The average Bonchev–Trinajstić information content (AvgIpc) is 2.27. The van der Waals surface area contributed by atoms with E-state index in [2.05, 4.69) is 0 Å². The zero-order valence-electron chi connectivity index (χ0n) is 10.4. The van der Waals surface area contributed by atoms with Gasteiger partial charge in [-0.2, -0.15) is 0 Å². The van der Waals surface area contributed by atoms with Crippen LogP contribution in [0.5, 0.6) is 0 Å². The highest BCUT2D eigenvalue weighted by atomic mass is 16.5. The predicted octanol–water partition coefficient (Wildman–Crippen LogP) is 2.47. The molecule has 0 saturated heterocycles. The third-order valence-electron chi connectivity index (χ3n) is 2.88. The van der Waals surface area contributed by atoms with Gasteiger partial charge >= 0.3 is 11.9 Å². The number of rotatable bonds is 8. The lowest BCUT2D eigenvalue weighted by Gasteiger charge is -2.16. The molecule has 0 amide bonds. The number of hydrogen-bond acceptors (Lipinski definition) is 3. The van der Waals surface area contributed by atoms with Crippen molar-refractivity contribution in [3.05, 3.63) is 0 Å². The smallest absolute Gasteiger partial charge is 0.308 e. The predicted molar refractivity (Wildman–Crippen MR) is 61.1 cm³/mol. The highest BCUT2D eigenvalue weighted by molar-refractivity contribution is 5.72. The summed E-state index contributed by atoms with van der Waals surface area (Å²) in [6.07, 6.45) is 3.43. The maximum absolute atomic E-state index is 11.4. The highest BCUT2D eigenvalue weighted by Gasteiger charge is 2.22. The summed E-state index contributed by atoms with van der Waals surface area (Å²) in [5, 5.41) is 8.90. The summed E-state index contributed by atoms with van der Waals surface area (Å²) in [5.41, 5.74) is 0. The number of carboxylic acids is 1. The number of carboxylic acid groups (broad SMARTS) is 1. The van der Waals surface area contributed by atoms with Gasteiger partial charge in [0, 0.05) is 0 Å². The summed E-state index contributed by atoms with van der Waals surface area (Å²) < 4.78 is 4.70. The van der Waals surface area contributed by atoms with Gasteiger partial charge in [0.05, 0.1) is 18.9 Å². The van der Waals surface area contributed by atoms with E-state index in [0.29, 0.717) is 19.3 Å². The first-order valence-corrected chi connectivity index (χ1v) is 5.87. The Hall–Kier alpha value is -1.06. The van der Waals surface area contributed by atoms with Crippen molar-refractivity contribution in [2.75, 3.05) is 7.11 Å². The van der Waals surface area contributed by atoms with Crippen molar-refractivity contribution >= 4 is 11.9 Å². The zero-order chi connectivity index (χ0) is 12.6. The second-order valence-electron chi connectivity index (χ2n) is 4.03. The summed E-state index contributed by atoms with van der Waals surface area (Å²) in [6, 6.07) is 0. The molecule has 0 rings (SSSR count). The third-order valence-corrected chi connectivity index (χ3v) is 2.88. The van der Waals surface area contributed by atoms with E-state index in [1.807, 2.05) is 13.8 Å². The number of esters is 1. The molecule has 1 N–H and O–H groups in total. The van der Waals surface area contributed by atoms with Crippen LogP contribution in [-0.4, -0.2) is 24.2 Å². The number of carbonyl (C=O) groups is 2. The van der Waals surface area contributed by atoms with Gasteiger partial charge in [-0.1, -0.05) is 20.3 Å². The SMILES string of the molecule is CCCC(CCC(CC)C(=O)O)C(=O)OC. The average molecular weight is 230 g/mol. The van der Waals surface area contributed by atoms with Crippen LogP contribution in [-0.2, 0) is 14.3 Å². The molecular weight excluding hydrogens is 208 g/mol. The molecule has 0 aliphatic heterocycles. The molecule has 4 nitrogen and oxygen atoms in total. The van der Waals surface area contributed by atoms with Crippen LogP contribution >= 0.6 is 0 Å². The number of carbonyl (C=O) groups excluding carboxylic acids is 1.